The zero-order valence-electron chi connectivity index (χ0n) is 10.8. The maximum Gasteiger partial charge on any atom is 0.166 e. The number of alkyl halides is 1. The summed E-state index contributed by atoms with van der Waals surface area (Å²) in [7, 11) is 1.67. The van der Waals surface area contributed by atoms with Crippen molar-refractivity contribution < 1.29 is 14.2 Å². The van der Waals surface area contributed by atoms with Crippen LogP contribution in [0.4, 0.5) is 0 Å². The molecule has 2 unspecified atom stereocenters. The van der Waals surface area contributed by atoms with Gasteiger partial charge in [-0.15, -0.1) is 11.6 Å². The Bertz CT molecular complexity index is 379. The monoisotopic (exact) mass is 270 g/mol. The smallest absolute Gasteiger partial charge is 0.166 e. The van der Waals surface area contributed by atoms with Crippen LogP contribution in [0.5, 0.6) is 5.75 Å². The largest absolute Gasteiger partial charge is 0.497 e. The van der Waals surface area contributed by atoms with Gasteiger partial charge in [0.15, 0.2) is 5.79 Å². The summed E-state index contributed by atoms with van der Waals surface area (Å²) in [5.41, 5.74) is 1.25. The third-order valence-electron chi connectivity index (χ3n) is 3.19. The van der Waals surface area contributed by atoms with Crippen LogP contribution in [-0.2, 0) is 15.9 Å². The predicted molar refractivity (Wildman–Crippen MR) is 71.3 cm³/mol. The molecule has 2 atom stereocenters. The normalized spacial score (nSPS) is 27.4. The summed E-state index contributed by atoms with van der Waals surface area (Å²) in [6, 6.07) is 8.07. The van der Waals surface area contributed by atoms with Gasteiger partial charge in [-0.2, -0.15) is 0 Å². The van der Waals surface area contributed by atoms with Crippen LogP contribution in [0.25, 0.3) is 0 Å². The molecule has 0 saturated carbocycles. The Morgan fingerprint density at radius 2 is 2.11 bits per heavy atom. The lowest BCUT2D eigenvalue weighted by Gasteiger charge is -2.23. The number of ether oxygens (including phenoxy) is 3. The van der Waals surface area contributed by atoms with Crippen molar-refractivity contribution in [2.45, 2.75) is 31.7 Å². The molecule has 0 amide bonds. The van der Waals surface area contributed by atoms with E-state index in [4.69, 9.17) is 25.8 Å². The summed E-state index contributed by atoms with van der Waals surface area (Å²) in [4.78, 5) is 0. The van der Waals surface area contributed by atoms with E-state index in [0.29, 0.717) is 12.5 Å². The molecule has 1 heterocycles. The quantitative estimate of drug-likeness (QED) is 0.770. The third-order valence-corrected chi connectivity index (χ3v) is 3.53. The number of rotatable bonds is 5. The second-order valence-electron chi connectivity index (χ2n) is 4.69. The molecule has 0 aliphatic carbocycles. The molecule has 1 aromatic rings. The Morgan fingerprint density at radius 3 is 2.67 bits per heavy atom. The molecule has 0 N–H and O–H groups in total. The standard InChI is InChI=1S/C14H19ClO3/c1-14(17-10-13(9-15)18-14)8-7-11-3-5-12(16-2)6-4-11/h3-6,13H,7-10H2,1-2H3. The summed E-state index contributed by atoms with van der Waals surface area (Å²) in [5, 5.41) is 0. The first-order valence-corrected chi connectivity index (χ1v) is 6.69. The van der Waals surface area contributed by atoms with E-state index in [1.54, 1.807) is 7.11 Å². The van der Waals surface area contributed by atoms with Crippen LogP contribution in [0, 0.1) is 0 Å². The molecule has 0 bridgehead atoms. The van der Waals surface area contributed by atoms with E-state index in [0.717, 1.165) is 18.6 Å². The lowest BCUT2D eigenvalue weighted by molar-refractivity contribution is -0.155. The molecule has 1 saturated heterocycles. The van der Waals surface area contributed by atoms with Gasteiger partial charge in [0.2, 0.25) is 0 Å². The molecule has 0 spiro atoms. The topological polar surface area (TPSA) is 27.7 Å². The molecule has 1 aromatic carbocycles. The summed E-state index contributed by atoms with van der Waals surface area (Å²) in [5.74, 6) is 0.859. The van der Waals surface area contributed by atoms with Gasteiger partial charge < -0.3 is 14.2 Å². The number of methoxy groups -OCH3 is 1. The van der Waals surface area contributed by atoms with E-state index in [-0.39, 0.29) is 6.10 Å². The molecule has 4 heteroatoms. The number of aryl methyl sites for hydroxylation is 1. The first-order chi connectivity index (χ1) is 8.65. The lowest BCUT2D eigenvalue weighted by atomic mass is 10.1. The zero-order valence-corrected chi connectivity index (χ0v) is 11.6. The van der Waals surface area contributed by atoms with E-state index in [9.17, 15) is 0 Å². The second kappa shape index (κ2) is 5.91. The van der Waals surface area contributed by atoms with Gasteiger partial charge in [0.05, 0.1) is 25.7 Å². The first kappa shape index (κ1) is 13.7. The van der Waals surface area contributed by atoms with E-state index >= 15 is 0 Å². The van der Waals surface area contributed by atoms with Crippen molar-refractivity contribution >= 4 is 11.6 Å². The van der Waals surface area contributed by atoms with Crippen LogP contribution in [0.2, 0.25) is 0 Å². The average molecular weight is 271 g/mol. The first-order valence-electron chi connectivity index (χ1n) is 6.16. The highest BCUT2D eigenvalue weighted by Crippen LogP contribution is 2.28. The average Bonchev–Trinajstić information content (AvgIpc) is 2.79. The van der Waals surface area contributed by atoms with Crippen molar-refractivity contribution in [2.75, 3.05) is 19.6 Å². The fourth-order valence-electron chi connectivity index (χ4n) is 2.06. The van der Waals surface area contributed by atoms with Gasteiger partial charge in [0.1, 0.15) is 5.75 Å². The van der Waals surface area contributed by atoms with Gasteiger partial charge in [-0.05, 0) is 31.0 Å². The molecule has 1 aliphatic rings. The molecular weight excluding hydrogens is 252 g/mol. The number of hydrogen-bond donors (Lipinski definition) is 0. The van der Waals surface area contributed by atoms with Crippen molar-refractivity contribution in [1.82, 2.24) is 0 Å². The van der Waals surface area contributed by atoms with E-state index in [1.807, 2.05) is 19.1 Å². The highest BCUT2D eigenvalue weighted by molar-refractivity contribution is 6.18. The summed E-state index contributed by atoms with van der Waals surface area (Å²) >= 11 is 5.77. The molecular formula is C14H19ClO3. The van der Waals surface area contributed by atoms with Gasteiger partial charge in [0, 0.05) is 6.42 Å². The van der Waals surface area contributed by atoms with Gasteiger partial charge in [-0.1, -0.05) is 12.1 Å². The fourth-order valence-corrected chi connectivity index (χ4v) is 2.21. The molecule has 1 fully saturated rings. The van der Waals surface area contributed by atoms with Crippen molar-refractivity contribution in [3.8, 4) is 5.75 Å². The maximum atomic E-state index is 5.79. The minimum Gasteiger partial charge on any atom is -0.497 e. The Hall–Kier alpha value is -0.770. The number of halogens is 1. The Kier molecular flexibility index (Phi) is 4.49. The van der Waals surface area contributed by atoms with E-state index in [1.165, 1.54) is 5.56 Å². The van der Waals surface area contributed by atoms with Crippen LogP contribution in [0.1, 0.15) is 18.9 Å². The second-order valence-corrected chi connectivity index (χ2v) is 5.00. The van der Waals surface area contributed by atoms with Crippen molar-refractivity contribution in [3.63, 3.8) is 0 Å². The minimum atomic E-state index is -0.501. The summed E-state index contributed by atoms with van der Waals surface area (Å²) in [6.07, 6.45) is 1.76. The molecule has 100 valence electrons. The van der Waals surface area contributed by atoms with Crippen molar-refractivity contribution in [2.24, 2.45) is 0 Å². The molecule has 18 heavy (non-hydrogen) atoms. The maximum absolute atomic E-state index is 5.79. The van der Waals surface area contributed by atoms with Crippen molar-refractivity contribution in [3.05, 3.63) is 29.8 Å². The molecule has 0 aromatic heterocycles. The van der Waals surface area contributed by atoms with Gasteiger partial charge in [0.25, 0.3) is 0 Å². The third kappa shape index (κ3) is 3.37. The van der Waals surface area contributed by atoms with Crippen LogP contribution < -0.4 is 4.74 Å². The predicted octanol–water partition coefficient (Wildman–Crippen LogP) is 3.00. The van der Waals surface area contributed by atoms with Gasteiger partial charge in [-0.25, -0.2) is 0 Å². The highest BCUT2D eigenvalue weighted by Gasteiger charge is 2.36. The fraction of sp³-hybridized carbons (Fsp3) is 0.571. The van der Waals surface area contributed by atoms with Gasteiger partial charge in [-0.3, -0.25) is 0 Å². The minimum absolute atomic E-state index is 0.0209. The molecule has 0 radical (unpaired) electrons. The van der Waals surface area contributed by atoms with Crippen molar-refractivity contribution in [1.29, 1.82) is 0 Å². The molecule has 3 nitrogen and oxygen atoms in total. The highest BCUT2D eigenvalue weighted by atomic mass is 35.5. The van der Waals surface area contributed by atoms with Crippen LogP contribution in [-0.4, -0.2) is 31.5 Å². The van der Waals surface area contributed by atoms with E-state index in [2.05, 4.69) is 12.1 Å². The SMILES string of the molecule is COc1ccc(CCC2(C)OCC(CCl)O2)cc1. The lowest BCUT2D eigenvalue weighted by Crippen LogP contribution is -2.27. The molecule has 2 rings (SSSR count). The number of hydrogen-bond acceptors (Lipinski definition) is 3. The number of benzene rings is 1. The van der Waals surface area contributed by atoms with Crippen LogP contribution in [0.15, 0.2) is 24.3 Å². The summed E-state index contributed by atoms with van der Waals surface area (Å²) in [6.45, 7) is 2.56. The Morgan fingerprint density at radius 1 is 1.39 bits per heavy atom. The summed E-state index contributed by atoms with van der Waals surface area (Å²) < 4.78 is 16.6. The molecule has 1 aliphatic heterocycles. The Balaban J connectivity index is 1.87. The van der Waals surface area contributed by atoms with Gasteiger partial charge >= 0.3 is 0 Å². The van der Waals surface area contributed by atoms with Crippen LogP contribution in [0.3, 0.4) is 0 Å². The zero-order chi connectivity index (χ0) is 13.0. The van der Waals surface area contributed by atoms with Crippen LogP contribution >= 0.6 is 11.6 Å². The Labute approximate surface area is 113 Å². The van der Waals surface area contributed by atoms with E-state index < -0.39 is 5.79 Å².